The molecule has 0 aliphatic rings. The van der Waals surface area contributed by atoms with Gasteiger partial charge in [-0.15, -0.1) is 0 Å². The molecule has 0 aliphatic carbocycles. The molecule has 118 valence electrons. The van der Waals surface area contributed by atoms with Crippen LogP contribution in [0.25, 0.3) is 0 Å². The molecule has 1 amide bonds. The summed E-state index contributed by atoms with van der Waals surface area (Å²) in [6, 6.07) is 7.54. The highest BCUT2D eigenvalue weighted by Gasteiger charge is 2.19. The fourth-order valence-electron chi connectivity index (χ4n) is 2.03. The number of amides is 1. The number of aromatic carboxylic acids is 1. The Balaban J connectivity index is 2.31. The number of aromatic hydroxyl groups is 1. The van der Waals surface area contributed by atoms with Gasteiger partial charge in [-0.2, -0.15) is 0 Å². The second-order valence-electron chi connectivity index (χ2n) is 4.70. The molecular formula is C15H12N2O6. The quantitative estimate of drug-likeness (QED) is 0.451. The highest BCUT2D eigenvalue weighted by Crippen LogP contribution is 2.26. The topological polar surface area (TPSA) is 130 Å². The largest absolute Gasteiger partial charge is 0.506 e. The van der Waals surface area contributed by atoms with Gasteiger partial charge >= 0.3 is 5.97 Å². The number of carbonyl (C=O) groups excluding carboxylic acids is 1. The molecule has 0 atom stereocenters. The number of phenolic OH excluding ortho intramolecular Hbond substituents is 1. The summed E-state index contributed by atoms with van der Waals surface area (Å²) in [6.07, 6.45) is 0. The average molecular weight is 316 g/mol. The van der Waals surface area contributed by atoms with Gasteiger partial charge in [0.1, 0.15) is 5.75 Å². The first kappa shape index (κ1) is 16.0. The van der Waals surface area contributed by atoms with E-state index >= 15 is 0 Å². The molecule has 0 radical (unpaired) electrons. The standard InChI is InChI=1S/C15H12N2O6/c1-8-10(3-2-4-12(8)17(22)23)14(19)16-11-6-5-9(15(20)21)7-13(11)18/h2-7,18H,1H3,(H,16,19)(H,20,21). The molecule has 2 aromatic carbocycles. The first-order valence-corrected chi connectivity index (χ1v) is 6.43. The second kappa shape index (κ2) is 6.14. The van der Waals surface area contributed by atoms with Crippen molar-refractivity contribution in [3.05, 3.63) is 63.2 Å². The molecule has 3 N–H and O–H groups in total. The minimum absolute atomic E-state index is 0.00547. The molecule has 0 unspecified atom stereocenters. The molecule has 0 spiro atoms. The van der Waals surface area contributed by atoms with Crippen LogP contribution in [0.3, 0.4) is 0 Å². The van der Waals surface area contributed by atoms with Crippen molar-refractivity contribution >= 4 is 23.3 Å². The first-order valence-electron chi connectivity index (χ1n) is 6.43. The van der Waals surface area contributed by atoms with Gasteiger partial charge in [-0.1, -0.05) is 6.07 Å². The maximum atomic E-state index is 12.2. The van der Waals surface area contributed by atoms with Gasteiger partial charge in [0.2, 0.25) is 0 Å². The number of carbonyl (C=O) groups is 2. The van der Waals surface area contributed by atoms with Crippen LogP contribution in [-0.4, -0.2) is 27.0 Å². The van der Waals surface area contributed by atoms with Crippen molar-refractivity contribution in [1.29, 1.82) is 0 Å². The number of phenols is 1. The first-order chi connectivity index (χ1) is 10.8. The number of carboxylic acids is 1. The third-order valence-electron chi connectivity index (χ3n) is 3.24. The molecule has 0 saturated carbocycles. The summed E-state index contributed by atoms with van der Waals surface area (Å²) in [5.41, 5.74) is -0.0430. The summed E-state index contributed by atoms with van der Waals surface area (Å²) in [5, 5.41) is 31.9. The van der Waals surface area contributed by atoms with Crippen LogP contribution in [-0.2, 0) is 0 Å². The van der Waals surface area contributed by atoms with Crippen LogP contribution in [0.15, 0.2) is 36.4 Å². The number of nitrogens with one attached hydrogen (secondary N) is 1. The predicted molar refractivity (Wildman–Crippen MR) is 80.9 cm³/mol. The Hall–Kier alpha value is -3.42. The molecule has 8 nitrogen and oxygen atoms in total. The van der Waals surface area contributed by atoms with Crippen molar-refractivity contribution in [2.24, 2.45) is 0 Å². The van der Waals surface area contributed by atoms with E-state index in [1.54, 1.807) is 0 Å². The van der Waals surface area contributed by atoms with E-state index in [0.717, 1.165) is 6.07 Å². The molecule has 0 saturated heterocycles. The molecule has 2 rings (SSSR count). The highest BCUT2D eigenvalue weighted by atomic mass is 16.6. The minimum Gasteiger partial charge on any atom is -0.506 e. The average Bonchev–Trinajstić information content (AvgIpc) is 2.48. The van der Waals surface area contributed by atoms with Gasteiger partial charge < -0.3 is 15.5 Å². The number of nitro groups is 1. The Morgan fingerprint density at radius 2 is 1.91 bits per heavy atom. The van der Waals surface area contributed by atoms with E-state index in [2.05, 4.69) is 5.32 Å². The Morgan fingerprint density at radius 1 is 1.22 bits per heavy atom. The normalized spacial score (nSPS) is 10.1. The lowest BCUT2D eigenvalue weighted by atomic mass is 10.1. The van der Waals surface area contributed by atoms with Crippen LogP contribution in [0, 0.1) is 17.0 Å². The van der Waals surface area contributed by atoms with Gasteiger partial charge in [0.25, 0.3) is 11.6 Å². The molecule has 0 heterocycles. The van der Waals surface area contributed by atoms with Crippen molar-refractivity contribution < 1.29 is 24.7 Å². The van der Waals surface area contributed by atoms with E-state index in [0.29, 0.717) is 0 Å². The molecule has 2 aromatic rings. The number of carboxylic acid groups (broad SMARTS) is 1. The zero-order valence-electron chi connectivity index (χ0n) is 11.9. The number of hydrogen-bond acceptors (Lipinski definition) is 5. The lowest BCUT2D eigenvalue weighted by molar-refractivity contribution is -0.385. The maximum Gasteiger partial charge on any atom is 0.335 e. The lowest BCUT2D eigenvalue weighted by Gasteiger charge is -2.10. The summed E-state index contributed by atoms with van der Waals surface area (Å²) in [5.74, 6) is -2.28. The second-order valence-corrected chi connectivity index (χ2v) is 4.70. The van der Waals surface area contributed by atoms with Crippen LogP contribution in [0.5, 0.6) is 5.75 Å². The predicted octanol–water partition coefficient (Wildman–Crippen LogP) is 2.56. The van der Waals surface area contributed by atoms with Crippen molar-refractivity contribution in [3.63, 3.8) is 0 Å². The number of hydrogen-bond donors (Lipinski definition) is 3. The highest BCUT2D eigenvalue weighted by molar-refractivity contribution is 6.06. The van der Waals surface area contributed by atoms with E-state index in [4.69, 9.17) is 5.11 Å². The fourth-order valence-corrected chi connectivity index (χ4v) is 2.03. The molecular weight excluding hydrogens is 304 g/mol. The molecule has 0 aliphatic heterocycles. The summed E-state index contributed by atoms with van der Waals surface area (Å²) >= 11 is 0. The zero-order chi connectivity index (χ0) is 17.1. The van der Waals surface area contributed by atoms with Gasteiger partial charge in [-0.25, -0.2) is 4.79 Å². The summed E-state index contributed by atoms with van der Waals surface area (Å²) in [4.78, 5) is 33.3. The third-order valence-corrected chi connectivity index (χ3v) is 3.24. The third kappa shape index (κ3) is 3.26. The van der Waals surface area contributed by atoms with Crippen LogP contribution < -0.4 is 5.32 Å². The number of anilines is 1. The van der Waals surface area contributed by atoms with Crippen LogP contribution in [0.1, 0.15) is 26.3 Å². The van der Waals surface area contributed by atoms with Crippen molar-refractivity contribution in [1.82, 2.24) is 0 Å². The SMILES string of the molecule is Cc1c(C(=O)Nc2ccc(C(=O)O)cc2O)cccc1[N+](=O)[O-]. The van der Waals surface area contributed by atoms with E-state index in [1.165, 1.54) is 37.3 Å². The van der Waals surface area contributed by atoms with E-state index in [1.807, 2.05) is 0 Å². The van der Waals surface area contributed by atoms with Gasteiger partial charge in [0.15, 0.2) is 0 Å². The number of benzene rings is 2. The van der Waals surface area contributed by atoms with Gasteiger partial charge in [-0.05, 0) is 31.2 Å². The van der Waals surface area contributed by atoms with Crippen molar-refractivity contribution in [2.75, 3.05) is 5.32 Å². The van der Waals surface area contributed by atoms with Crippen LogP contribution >= 0.6 is 0 Å². The summed E-state index contributed by atoms with van der Waals surface area (Å²) < 4.78 is 0. The number of rotatable bonds is 4. The summed E-state index contributed by atoms with van der Waals surface area (Å²) in [7, 11) is 0. The summed E-state index contributed by atoms with van der Waals surface area (Å²) in [6.45, 7) is 1.44. The maximum absolute atomic E-state index is 12.2. The van der Waals surface area contributed by atoms with E-state index in [9.17, 15) is 24.8 Å². The van der Waals surface area contributed by atoms with E-state index < -0.39 is 22.5 Å². The van der Waals surface area contributed by atoms with Crippen LogP contribution in [0.2, 0.25) is 0 Å². The number of nitrogens with zero attached hydrogens (tertiary/aromatic N) is 1. The van der Waals surface area contributed by atoms with Crippen LogP contribution in [0.4, 0.5) is 11.4 Å². The molecule has 0 bridgehead atoms. The fraction of sp³-hybridized carbons (Fsp3) is 0.0667. The molecule has 23 heavy (non-hydrogen) atoms. The van der Waals surface area contributed by atoms with Gasteiger partial charge in [0, 0.05) is 17.2 Å². The monoisotopic (exact) mass is 316 g/mol. The Bertz CT molecular complexity index is 816. The van der Waals surface area contributed by atoms with Gasteiger partial charge in [0.05, 0.1) is 16.2 Å². The Morgan fingerprint density at radius 3 is 2.48 bits per heavy atom. The Kier molecular flexibility index (Phi) is 4.26. The van der Waals surface area contributed by atoms with E-state index in [-0.39, 0.29) is 28.1 Å². The minimum atomic E-state index is -1.22. The zero-order valence-corrected chi connectivity index (χ0v) is 11.9. The molecule has 8 heteroatoms. The van der Waals surface area contributed by atoms with Crippen molar-refractivity contribution in [3.8, 4) is 5.75 Å². The molecule has 0 fully saturated rings. The van der Waals surface area contributed by atoms with Gasteiger partial charge in [-0.3, -0.25) is 14.9 Å². The Labute approximate surface area is 130 Å². The smallest absolute Gasteiger partial charge is 0.335 e. The molecule has 0 aromatic heterocycles. The lowest BCUT2D eigenvalue weighted by Crippen LogP contribution is -2.14. The number of nitro benzene ring substituents is 1. The van der Waals surface area contributed by atoms with Crippen molar-refractivity contribution in [2.45, 2.75) is 6.92 Å².